The molecule has 1 N–H and O–H groups in total. The summed E-state index contributed by atoms with van der Waals surface area (Å²) in [5, 5.41) is 5.75. The summed E-state index contributed by atoms with van der Waals surface area (Å²) in [6, 6.07) is 8.89. The average molecular weight is 313 g/mol. The van der Waals surface area contributed by atoms with E-state index < -0.39 is 27.0 Å². The Morgan fingerprint density at radius 2 is 2.05 bits per heavy atom. The Hall–Kier alpha value is -2.42. The van der Waals surface area contributed by atoms with E-state index >= 15 is 0 Å². The lowest BCUT2D eigenvalue weighted by Crippen LogP contribution is -2.15. The standard InChI is InChI=1S/C12H12FN3O4S/c1-16-7-10(21(13,18)19)11(15-16)14-12(17)20-8-9-5-3-2-4-6-9/h2-7H,8H2,1H3,(H,14,15,17). The first kappa shape index (κ1) is 15.0. The van der Waals surface area contributed by atoms with Gasteiger partial charge in [0.2, 0.25) is 0 Å². The first-order valence-corrected chi connectivity index (χ1v) is 7.20. The largest absolute Gasteiger partial charge is 0.444 e. The van der Waals surface area contributed by atoms with E-state index in [0.717, 1.165) is 16.4 Å². The van der Waals surface area contributed by atoms with Gasteiger partial charge in [-0.2, -0.15) is 13.5 Å². The normalized spacial score (nSPS) is 11.1. The molecule has 1 amide bonds. The predicted molar refractivity (Wildman–Crippen MR) is 71.8 cm³/mol. The zero-order chi connectivity index (χ0) is 15.5. The lowest BCUT2D eigenvalue weighted by molar-refractivity contribution is 0.155. The molecule has 0 bridgehead atoms. The maximum absolute atomic E-state index is 13.0. The maximum atomic E-state index is 13.0. The summed E-state index contributed by atoms with van der Waals surface area (Å²) in [7, 11) is -3.58. The highest BCUT2D eigenvalue weighted by Crippen LogP contribution is 2.21. The van der Waals surface area contributed by atoms with Crippen LogP contribution in [0.4, 0.5) is 14.5 Å². The van der Waals surface area contributed by atoms with Crippen molar-refractivity contribution in [2.75, 3.05) is 5.32 Å². The minimum Gasteiger partial charge on any atom is -0.444 e. The molecule has 7 nitrogen and oxygen atoms in total. The SMILES string of the molecule is Cn1cc(S(=O)(=O)F)c(NC(=O)OCc2ccccc2)n1. The molecule has 0 aliphatic heterocycles. The average Bonchev–Trinajstić information content (AvgIpc) is 2.78. The number of aromatic nitrogens is 2. The molecule has 2 rings (SSSR count). The van der Waals surface area contributed by atoms with E-state index in [4.69, 9.17) is 4.74 Å². The number of halogens is 1. The molecule has 112 valence electrons. The second kappa shape index (κ2) is 5.92. The number of rotatable bonds is 4. The molecule has 1 heterocycles. The minimum atomic E-state index is -4.98. The first-order valence-electron chi connectivity index (χ1n) is 5.82. The van der Waals surface area contributed by atoms with Gasteiger partial charge in [-0.1, -0.05) is 30.3 Å². The number of hydrogen-bond acceptors (Lipinski definition) is 5. The Kier molecular flexibility index (Phi) is 4.22. The van der Waals surface area contributed by atoms with Crippen molar-refractivity contribution in [3.8, 4) is 0 Å². The molecule has 0 radical (unpaired) electrons. The Morgan fingerprint density at radius 3 is 2.67 bits per heavy atom. The van der Waals surface area contributed by atoms with Crippen LogP contribution < -0.4 is 5.32 Å². The van der Waals surface area contributed by atoms with Crippen LogP contribution in [0, 0.1) is 0 Å². The van der Waals surface area contributed by atoms with Gasteiger partial charge in [-0.15, -0.1) is 3.89 Å². The van der Waals surface area contributed by atoms with Crippen molar-refractivity contribution < 1.29 is 21.8 Å². The van der Waals surface area contributed by atoms with E-state index in [-0.39, 0.29) is 6.61 Å². The molecular weight excluding hydrogens is 301 g/mol. The molecular formula is C12H12FN3O4S. The summed E-state index contributed by atoms with van der Waals surface area (Å²) in [6.45, 7) is -0.00276. The monoisotopic (exact) mass is 313 g/mol. The van der Waals surface area contributed by atoms with E-state index in [1.165, 1.54) is 7.05 Å². The summed E-state index contributed by atoms with van der Waals surface area (Å²) in [6.07, 6.45) is 0.0183. The second-order valence-electron chi connectivity index (χ2n) is 4.14. The molecule has 0 aliphatic rings. The number of carbonyl (C=O) groups excluding carboxylic acids is 1. The van der Waals surface area contributed by atoms with Crippen LogP contribution in [0.1, 0.15) is 5.56 Å². The van der Waals surface area contributed by atoms with Crippen LogP contribution in [-0.4, -0.2) is 24.3 Å². The molecule has 2 aromatic rings. The number of hydrogen-bond donors (Lipinski definition) is 1. The van der Waals surface area contributed by atoms with E-state index in [1.807, 2.05) is 6.07 Å². The first-order chi connectivity index (χ1) is 9.86. The summed E-state index contributed by atoms with van der Waals surface area (Å²) in [5.74, 6) is -0.418. The number of amides is 1. The van der Waals surface area contributed by atoms with E-state index in [9.17, 15) is 17.1 Å². The Morgan fingerprint density at radius 1 is 1.38 bits per heavy atom. The van der Waals surface area contributed by atoms with Gasteiger partial charge in [0, 0.05) is 13.2 Å². The predicted octanol–water partition coefficient (Wildman–Crippen LogP) is 1.83. The van der Waals surface area contributed by atoms with Crippen molar-refractivity contribution in [1.82, 2.24) is 9.78 Å². The highest BCUT2D eigenvalue weighted by molar-refractivity contribution is 7.86. The van der Waals surface area contributed by atoms with Crippen LogP contribution in [0.5, 0.6) is 0 Å². The molecule has 0 aliphatic carbocycles. The van der Waals surface area contributed by atoms with Gasteiger partial charge < -0.3 is 4.74 Å². The van der Waals surface area contributed by atoms with E-state index in [1.54, 1.807) is 24.3 Å². The molecule has 0 atom stereocenters. The van der Waals surface area contributed by atoms with Crippen LogP contribution in [-0.2, 0) is 28.6 Å². The summed E-state index contributed by atoms with van der Waals surface area (Å²) in [4.78, 5) is 10.9. The number of nitrogens with zero attached hydrogens (tertiary/aromatic N) is 2. The molecule has 0 spiro atoms. The third-order valence-corrected chi connectivity index (χ3v) is 3.32. The minimum absolute atomic E-state index is 0.00276. The fourth-order valence-corrected chi connectivity index (χ4v) is 2.19. The van der Waals surface area contributed by atoms with Crippen molar-refractivity contribution in [2.45, 2.75) is 11.5 Å². The van der Waals surface area contributed by atoms with Gasteiger partial charge in [0.15, 0.2) is 10.7 Å². The van der Waals surface area contributed by atoms with Crippen molar-refractivity contribution in [2.24, 2.45) is 7.05 Å². The van der Waals surface area contributed by atoms with Gasteiger partial charge in [-0.25, -0.2) is 4.79 Å². The Balaban J connectivity index is 2.04. The topological polar surface area (TPSA) is 90.3 Å². The van der Waals surface area contributed by atoms with Gasteiger partial charge in [-0.3, -0.25) is 10.00 Å². The number of anilines is 1. The third-order valence-electron chi connectivity index (χ3n) is 2.49. The second-order valence-corrected chi connectivity index (χ2v) is 5.46. The molecule has 0 unspecified atom stereocenters. The lowest BCUT2D eigenvalue weighted by Gasteiger charge is -2.05. The van der Waals surface area contributed by atoms with Crippen LogP contribution in [0.25, 0.3) is 0 Å². The fourth-order valence-electron chi connectivity index (χ4n) is 1.59. The highest BCUT2D eigenvalue weighted by Gasteiger charge is 2.23. The van der Waals surface area contributed by atoms with Crippen LogP contribution in [0.15, 0.2) is 41.4 Å². The van der Waals surface area contributed by atoms with Gasteiger partial charge in [-0.05, 0) is 5.56 Å². The Labute approximate surface area is 120 Å². The van der Waals surface area contributed by atoms with Gasteiger partial charge in [0.1, 0.15) is 6.61 Å². The van der Waals surface area contributed by atoms with Gasteiger partial charge in [0.25, 0.3) is 0 Å². The van der Waals surface area contributed by atoms with Gasteiger partial charge in [0.05, 0.1) is 0 Å². The van der Waals surface area contributed by atoms with Crippen molar-refractivity contribution in [1.29, 1.82) is 0 Å². The third kappa shape index (κ3) is 4.02. The quantitative estimate of drug-likeness (QED) is 0.870. The Bertz CT molecular complexity index is 743. The maximum Gasteiger partial charge on any atom is 0.413 e. The van der Waals surface area contributed by atoms with E-state index in [2.05, 4.69) is 10.4 Å². The number of aryl methyl sites for hydroxylation is 1. The molecule has 1 aromatic carbocycles. The van der Waals surface area contributed by atoms with Crippen molar-refractivity contribution in [3.63, 3.8) is 0 Å². The zero-order valence-electron chi connectivity index (χ0n) is 11.0. The molecule has 0 fully saturated rings. The number of ether oxygens (including phenoxy) is 1. The number of benzene rings is 1. The summed E-state index contributed by atoms with van der Waals surface area (Å²) < 4.78 is 40.8. The van der Waals surface area contributed by atoms with Crippen molar-refractivity contribution >= 4 is 22.1 Å². The molecule has 0 saturated heterocycles. The van der Waals surface area contributed by atoms with Crippen LogP contribution >= 0.6 is 0 Å². The molecule has 0 saturated carbocycles. The number of carbonyl (C=O) groups is 1. The zero-order valence-corrected chi connectivity index (χ0v) is 11.8. The highest BCUT2D eigenvalue weighted by atomic mass is 32.3. The molecule has 1 aromatic heterocycles. The number of nitrogens with one attached hydrogen (secondary N) is 1. The molecule has 21 heavy (non-hydrogen) atoms. The van der Waals surface area contributed by atoms with Crippen LogP contribution in [0.2, 0.25) is 0 Å². The fraction of sp³-hybridized carbons (Fsp3) is 0.167. The molecule has 9 heteroatoms. The van der Waals surface area contributed by atoms with Crippen LogP contribution in [0.3, 0.4) is 0 Å². The van der Waals surface area contributed by atoms with Gasteiger partial charge >= 0.3 is 16.3 Å². The lowest BCUT2D eigenvalue weighted by atomic mass is 10.2. The smallest absolute Gasteiger partial charge is 0.413 e. The summed E-state index contributed by atoms with van der Waals surface area (Å²) >= 11 is 0. The van der Waals surface area contributed by atoms with E-state index in [0.29, 0.717) is 0 Å². The van der Waals surface area contributed by atoms with Crippen molar-refractivity contribution in [3.05, 3.63) is 42.1 Å². The summed E-state index contributed by atoms with van der Waals surface area (Å²) in [5.41, 5.74) is 0.756.